The molecule has 2 aromatic heterocycles. The van der Waals surface area contributed by atoms with Gasteiger partial charge >= 0.3 is 5.97 Å². The van der Waals surface area contributed by atoms with Crippen molar-refractivity contribution in [2.45, 2.75) is 20.3 Å². The van der Waals surface area contributed by atoms with Crippen molar-refractivity contribution in [3.63, 3.8) is 0 Å². The predicted octanol–water partition coefficient (Wildman–Crippen LogP) is 2.56. The van der Waals surface area contributed by atoms with Gasteiger partial charge in [-0.2, -0.15) is 5.10 Å². The zero-order valence-electron chi connectivity index (χ0n) is 13.5. The minimum Gasteiger partial charge on any atom is -0.461 e. The van der Waals surface area contributed by atoms with Gasteiger partial charge in [0.15, 0.2) is 5.82 Å². The summed E-state index contributed by atoms with van der Waals surface area (Å²) in [6.07, 6.45) is 2.05. The zero-order chi connectivity index (χ0) is 17.1. The Morgan fingerprint density at radius 1 is 1.33 bits per heavy atom. The molecule has 0 atom stereocenters. The van der Waals surface area contributed by atoms with Crippen LogP contribution in [0.3, 0.4) is 0 Å². The number of H-pyrrole nitrogens is 2. The van der Waals surface area contributed by atoms with Gasteiger partial charge < -0.3 is 15.0 Å². The van der Waals surface area contributed by atoms with Crippen LogP contribution in [0.25, 0.3) is 10.9 Å². The zero-order valence-corrected chi connectivity index (χ0v) is 13.5. The number of nitrogens with zero attached hydrogens (tertiary/aromatic N) is 1. The summed E-state index contributed by atoms with van der Waals surface area (Å²) >= 11 is 0. The SMILES string of the molecule is CCOC(=O)c1cc(NC(=O)Cc2c[nH]c3c(C)cccc23)n[nH]1. The average molecular weight is 326 g/mol. The highest BCUT2D eigenvalue weighted by Crippen LogP contribution is 2.21. The molecule has 0 saturated carbocycles. The maximum atomic E-state index is 12.2. The Balaban J connectivity index is 1.69. The molecule has 2 heterocycles. The molecule has 0 unspecified atom stereocenters. The highest BCUT2D eigenvalue weighted by Gasteiger charge is 2.14. The monoisotopic (exact) mass is 326 g/mol. The van der Waals surface area contributed by atoms with Gasteiger partial charge in [-0.15, -0.1) is 0 Å². The molecule has 3 rings (SSSR count). The highest BCUT2D eigenvalue weighted by atomic mass is 16.5. The summed E-state index contributed by atoms with van der Waals surface area (Å²) in [4.78, 5) is 27.0. The van der Waals surface area contributed by atoms with Crippen molar-refractivity contribution in [2.75, 3.05) is 11.9 Å². The molecule has 124 valence electrons. The molecule has 0 aliphatic rings. The fourth-order valence-electron chi connectivity index (χ4n) is 2.57. The summed E-state index contributed by atoms with van der Waals surface area (Å²) < 4.78 is 4.86. The van der Waals surface area contributed by atoms with Crippen molar-refractivity contribution < 1.29 is 14.3 Å². The van der Waals surface area contributed by atoms with Crippen LogP contribution in [0.2, 0.25) is 0 Å². The first kappa shape index (κ1) is 15.8. The Morgan fingerprint density at radius 2 is 2.17 bits per heavy atom. The minimum atomic E-state index is -0.502. The molecule has 0 fully saturated rings. The quantitative estimate of drug-likeness (QED) is 0.627. The van der Waals surface area contributed by atoms with Crippen LogP contribution < -0.4 is 5.32 Å². The summed E-state index contributed by atoms with van der Waals surface area (Å²) in [7, 11) is 0. The number of aromatic amines is 2. The van der Waals surface area contributed by atoms with Crippen LogP contribution in [0.5, 0.6) is 0 Å². The molecule has 0 radical (unpaired) electrons. The van der Waals surface area contributed by atoms with Crippen LogP contribution in [0.4, 0.5) is 5.82 Å². The first-order chi connectivity index (χ1) is 11.6. The number of aromatic nitrogens is 3. The predicted molar refractivity (Wildman–Crippen MR) is 89.9 cm³/mol. The molecule has 0 saturated heterocycles. The smallest absolute Gasteiger partial charge is 0.356 e. The van der Waals surface area contributed by atoms with Gasteiger partial charge in [0.25, 0.3) is 0 Å². The Morgan fingerprint density at radius 3 is 2.96 bits per heavy atom. The summed E-state index contributed by atoms with van der Waals surface area (Å²) in [6.45, 7) is 4.02. The standard InChI is InChI=1S/C17H18N4O3/c1-3-24-17(23)13-8-14(21-20-13)19-15(22)7-11-9-18-16-10(2)5-4-6-12(11)16/h4-6,8-9,18H,3,7H2,1-2H3,(H2,19,20,21,22). The molecule has 7 heteroatoms. The van der Waals surface area contributed by atoms with Gasteiger partial charge in [0.2, 0.25) is 5.91 Å². The first-order valence-corrected chi connectivity index (χ1v) is 7.66. The van der Waals surface area contributed by atoms with Crippen LogP contribution in [0.1, 0.15) is 28.5 Å². The number of carbonyl (C=O) groups excluding carboxylic acids is 2. The number of rotatable bonds is 5. The van der Waals surface area contributed by atoms with E-state index in [1.807, 2.05) is 31.3 Å². The number of para-hydroxylation sites is 1. The number of hydrogen-bond acceptors (Lipinski definition) is 4. The lowest BCUT2D eigenvalue weighted by atomic mass is 10.1. The third kappa shape index (κ3) is 3.15. The molecule has 0 spiro atoms. The lowest BCUT2D eigenvalue weighted by molar-refractivity contribution is -0.115. The summed E-state index contributed by atoms with van der Waals surface area (Å²) in [5.41, 5.74) is 3.28. The number of nitrogens with one attached hydrogen (secondary N) is 3. The second-order valence-electron chi connectivity index (χ2n) is 5.42. The number of benzene rings is 1. The fourth-order valence-corrected chi connectivity index (χ4v) is 2.57. The minimum absolute atomic E-state index is 0.204. The maximum Gasteiger partial charge on any atom is 0.356 e. The Bertz CT molecular complexity index is 894. The summed E-state index contributed by atoms with van der Waals surface area (Å²) in [5, 5.41) is 10.1. The van der Waals surface area contributed by atoms with Gasteiger partial charge in [-0.3, -0.25) is 9.89 Å². The van der Waals surface area contributed by atoms with Crippen LogP contribution in [0.15, 0.2) is 30.5 Å². The van der Waals surface area contributed by atoms with E-state index in [0.717, 1.165) is 22.0 Å². The molecule has 3 aromatic rings. The van der Waals surface area contributed by atoms with E-state index in [4.69, 9.17) is 4.74 Å². The van der Waals surface area contributed by atoms with Crippen LogP contribution in [-0.4, -0.2) is 33.7 Å². The van der Waals surface area contributed by atoms with Crippen LogP contribution in [-0.2, 0) is 16.0 Å². The van der Waals surface area contributed by atoms with Gasteiger partial charge in [0.05, 0.1) is 13.0 Å². The number of anilines is 1. The summed E-state index contributed by atoms with van der Waals surface area (Å²) in [6, 6.07) is 7.42. The lowest BCUT2D eigenvalue weighted by Crippen LogP contribution is -2.14. The Kier molecular flexibility index (Phi) is 4.33. The number of carbonyl (C=O) groups is 2. The number of hydrogen-bond donors (Lipinski definition) is 3. The van der Waals surface area contributed by atoms with Gasteiger partial charge in [-0.05, 0) is 25.0 Å². The number of fused-ring (bicyclic) bond motifs is 1. The van der Waals surface area contributed by atoms with E-state index < -0.39 is 5.97 Å². The van der Waals surface area contributed by atoms with Gasteiger partial charge in [-0.25, -0.2) is 4.79 Å². The van der Waals surface area contributed by atoms with Gasteiger partial charge in [0, 0.05) is 23.2 Å². The van der Waals surface area contributed by atoms with Crippen LogP contribution in [0, 0.1) is 6.92 Å². The second kappa shape index (κ2) is 6.57. The van der Waals surface area contributed by atoms with Crippen molar-refractivity contribution in [3.8, 4) is 0 Å². The van der Waals surface area contributed by atoms with E-state index in [-0.39, 0.29) is 24.6 Å². The lowest BCUT2D eigenvalue weighted by Gasteiger charge is -2.01. The van der Waals surface area contributed by atoms with E-state index >= 15 is 0 Å². The average Bonchev–Trinajstić information content (AvgIpc) is 3.16. The Hall–Kier alpha value is -3.09. The third-order valence-corrected chi connectivity index (χ3v) is 3.70. The fraction of sp³-hybridized carbons (Fsp3) is 0.235. The topological polar surface area (TPSA) is 99.9 Å². The molecule has 1 aromatic carbocycles. The first-order valence-electron chi connectivity index (χ1n) is 7.66. The summed E-state index contributed by atoms with van der Waals surface area (Å²) in [5.74, 6) is -0.420. The van der Waals surface area contributed by atoms with Crippen molar-refractivity contribution >= 4 is 28.6 Å². The Labute approximate surface area is 138 Å². The maximum absolute atomic E-state index is 12.2. The van der Waals surface area contributed by atoms with Crippen molar-refractivity contribution in [1.82, 2.24) is 15.2 Å². The molecular formula is C17H18N4O3. The van der Waals surface area contributed by atoms with E-state index in [0.29, 0.717) is 5.82 Å². The van der Waals surface area contributed by atoms with Crippen LogP contribution >= 0.6 is 0 Å². The van der Waals surface area contributed by atoms with Crippen molar-refractivity contribution in [2.24, 2.45) is 0 Å². The van der Waals surface area contributed by atoms with Crippen molar-refractivity contribution in [1.29, 1.82) is 0 Å². The normalized spacial score (nSPS) is 10.8. The van der Waals surface area contributed by atoms with Gasteiger partial charge in [0.1, 0.15) is 5.69 Å². The molecule has 7 nitrogen and oxygen atoms in total. The number of amides is 1. The molecule has 24 heavy (non-hydrogen) atoms. The molecule has 0 bridgehead atoms. The van der Waals surface area contributed by atoms with Crippen molar-refractivity contribution in [3.05, 3.63) is 47.3 Å². The largest absolute Gasteiger partial charge is 0.461 e. The number of ether oxygens (including phenoxy) is 1. The van der Waals surface area contributed by atoms with Gasteiger partial charge in [-0.1, -0.05) is 18.2 Å². The molecule has 3 N–H and O–H groups in total. The second-order valence-corrected chi connectivity index (χ2v) is 5.42. The molecular weight excluding hydrogens is 308 g/mol. The van der Waals surface area contributed by atoms with E-state index in [1.54, 1.807) is 6.92 Å². The molecule has 0 aliphatic heterocycles. The molecule has 0 aliphatic carbocycles. The third-order valence-electron chi connectivity index (χ3n) is 3.70. The molecule has 1 amide bonds. The van der Waals surface area contributed by atoms with E-state index in [1.165, 1.54) is 6.07 Å². The van der Waals surface area contributed by atoms with E-state index in [2.05, 4.69) is 20.5 Å². The highest BCUT2D eigenvalue weighted by molar-refractivity contribution is 5.96. The number of esters is 1. The number of aryl methyl sites for hydroxylation is 1. The van der Waals surface area contributed by atoms with E-state index in [9.17, 15) is 9.59 Å².